The number of rotatable bonds is 31. The van der Waals surface area contributed by atoms with Gasteiger partial charge >= 0.3 is 19.8 Å². The molecule has 0 aliphatic carbocycles. The minimum absolute atomic E-state index is 0.0328. The maximum atomic E-state index is 12.8. The zero-order chi connectivity index (χ0) is 33.1. The van der Waals surface area contributed by atoms with Crippen LogP contribution in [0.3, 0.4) is 0 Å². The average Bonchev–Trinajstić information content (AvgIpc) is 2.95. The van der Waals surface area contributed by atoms with Crippen LogP contribution in [0, 0.1) is 5.92 Å². The summed E-state index contributed by atoms with van der Waals surface area (Å²) in [6.45, 7) is 6.19. The first-order valence-electron chi connectivity index (χ1n) is 17.7. The number of likely N-dealkylation sites (N-methyl/N-ethyl adjacent to an activating group) is 1. The van der Waals surface area contributed by atoms with Gasteiger partial charge in [-0.2, -0.15) is 0 Å². The monoisotopic (exact) mass is 650 g/mol. The summed E-state index contributed by atoms with van der Waals surface area (Å²) in [5, 5.41) is 0. The first kappa shape index (κ1) is 43.0. The number of esters is 2. The Morgan fingerprint density at radius 2 is 1.16 bits per heavy atom. The molecule has 2 atom stereocenters. The lowest BCUT2D eigenvalue weighted by Crippen LogP contribution is -2.37. The van der Waals surface area contributed by atoms with Crippen molar-refractivity contribution in [3.05, 3.63) is 0 Å². The molecule has 0 heterocycles. The van der Waals surface area contributed by atoms with Gasteiger partial charge in [0.1, 0.15) is 19.8 Å². The van der Waals surface area contributed by atoms with E-state index in [-0.39, 0.29) is 25.1 Å². The number of hydrogen-bond acceptors (Lipinski definition) is 7. The first-order chi connectivity index (χ1) is 20.9. The molecular formula is C34H69NO8P+. The number of carbonyl (C=O) groups excluding carboxylic acids is 2. The van der Waals surface area contributed by atoms with E-state index in [0.29, 0.717) is 30.3 Å². The van der Waals surface area contributed by atoms with E-state index in [9.17, 15) is 19.0 Å². The molecule has 0 spiro atoms. The van der Waals surface area contributed by atoms with E-state index < -0.39 is 26.5 Å². The molecule has 0 aliphatic heterocycles. The summed E-state index contributed by atoms with van der Waals surface area (Å²) in [4.78, 5) is 35.3. The highest BCUT2D eigenvalue weighted by molar-refractivity contribution is 7.47. The Morgan fingerprint density at radius 3 is 1.61 bits per heavy atom. The summed E-state index contributed by atoms with van der Waals surface area (Å²) in [7, 11) is 1.47. The first-order valence-corrected chi connectivity index (χ1v) is 19.2. The molecule has 0 bridgehead atoms. The topological polar surface area (TPSA) is 108 Å². The van der Waals surface area contributed by atoms with Crippen LogP contribution in [0.25, 0.3) is 0 Å². The molecule has 0 aliphatic rings. The van der Waals surface area contributed by atoms with Gasteiger partial charge in [-0.05, 0) is 19.3 Å². The summed E-state index contributed by atoms with van der Waals surface area (Å²) in [5.41, 5.74) is 0. The third-order valence-electron chi connectivity index (χ3n) is 7.75. The highest BCUT2D eigenvalue weighted by Gasteiger charge is 2.28. The highest BCUT2D eigenvalue weighted by atomic mass is 31.2. The maximum Gasteiger partial charge on any atom is 0.472 e. The van der Waals surface area contributed by atoms with Crippen molar-refractivity contribution in [1.29, 1.82) is 0 Å². The van der Waals surface area contributed by atoms with E-state index in [4.69, 9.17) is 18.5 Å². The minimum Gasteiger partial charge on any atom is -0.462 e. The molecule has 10 heteroatoms. The van der Waals surface area contributed by atoms with Crippen LogP contribution in [-0.2, 0) is 32.7 Å². The van der Waals surface area contributed by atoms with Crippen LogP contribution in [-0.4, -0.2) is 74.9 Å². The number of quaternary nitrogens is 1. The average molecular weight is 651 g/mol. The lowest BCUT2D eigenvalue weighted by Gasteiger charge is -2.25. The van der Waals surface area contributed by atoms with Crippen molar-refractivity contribution >= 4 is 19.8 Å². The predicted molar refractivity (Wildman–Crippen MR) is 178 cm³/mol. The predicted octanol–water partition coefficient (Wildman–Crippen LogP) is 8.76. The molecule has 0 fully saturated rings. The van der Waals surface area contributed by atoms with Crippen LogP contribution in [0.2, 0.25) is 0 Å². The van der Waals surface area contributed by atoms with Crippen LogP contribution in [0.1, 0.15) is 149 Å². The molecule has 262 valence electrons. The number of carbonyl (C=O) groups is 2. The maximum absolute atomic E-state index is 12.8. The Morgan fingerprint density at radius 1 is 0.682 bits per heavy atom. The van der Waals surface area contributed by atoms with Crippen molar-refractivity contribution in [3.8, 4) is 0 Å². The fraction of sp³-hybridized carbons (Fsp3) is 0.941. The molecule has 1 unspecified atom stereocenters. The zero-order valence-corrected chi connectivity index (χ0v) is 30.2. The van der Waals surface area contributed by atoms with Gasteiger partial charge in [-0.25, -0.2) is 4.57 Å². The molecule has 0 radical (unpaired) electrons. The summed E-state index contributed by atoms with van der Waals surface area (Å²) in [6.07, 6.45) is 21.2. The standard InChI is InChI=1S/C34H68NO8P/c1-7-10-11-12-13-14-15-16-17-18-19-20-21-22-23-26-33(36)40-29-32(43-34(37)31(24-8-2)25-9-3)30-42-44(38,39)41-28-27-35(4,5)6/h31-32H,7-30H2,1-6H3/p+1/t32-/m1/s1. The second-order valence-corrected chi connectivity index (χ2v) is 14.8. The third kappa shape index (κ3) is 27.3. The fourth-order valence-electron chi connectivity index (χ4n) is 5.00. The third-order valence-corrected chi connectivity index (χ3v) is 8.73. The van der Waals surface area contributed by atoms with E-state index in [1.807, 2.05) is 35.0 Å². The molecule has 9 nitrogen and oxygen atoms in total. The minimum atomic E-state index is -4.36. The Hall–Kier alpha value is -0.990. The van der Waals surface area contributed by atoms with Gasteiger partial charge in [-0.15, -0.1) is 0 Å². The van der Waals surface area contributed by atoms with Crippen LogP contribution < -0.4 is 0 Å². The molecule has 1 N–H and O–H groups in total. The normalized spacial score (nSPS) is 14.0. The Labute approximate surface area is 270 Å². The second kappa shape index (κ2) is 27.2. The van der Waals surface area contributed by atoms with Gasteiger partial charge in [0.25, 0.3) is 0 Å². The number of unbranched alkanes of at least 4 members (excludes halogenated alkanes) is 14. The lowest BCUT2D eigenvalue weighted by molar-refractivity contribution is -0.870. The molecule has 0 rings (SSSR count). The lowest BCUT2D eigenvalue weighted by atomic mass is 9.98. The van der Waals surface area contributed by atoms with Crippen molar-refractivity contribution in [1.82, 2.24) is 0 Å². The summed E-state index contributed by atoms with van der Waals surface area (Å²) >= 11 is 0. The number of phosphoric ester groups is 1. The molecule has 0 saturated heterocycles. The van der Waals surface area contributed by atoms with E-state index in [1.54, 1.807) is 0 Å². The van der Waals surface area contributed by atoms with Crippen molar-refractivity contribution in [2.45, 2.75) is 155 Å². The van der Waals surface area contributed by atoms with Gasteiger partial charge in [0, 0.05) is 6.42 Å². The van der Waals surface area contributed by atoms with Crippen molar-refractivity contribution in [2.24, 2.45) is 5.92 Å². The fourth-order valence-corrected chi connectivity index (χ4v) is 5.74. The largest absolute Gasteiger partial charge is 0.472 e. The molecular weight excluding hydrogens is 581 g/mol. The van der Waals surface area contributed by atoms with Gasteiger partial charge in [-0.1, -0.05) is 124 Å². The molecule has 0 aromatic rings. The number of nitrogens with zero attached hydrogens (tertiary/aromatic N) is 1. The molecule has 0 aromatic carbocycles. The quantitative estimate of drug-likeness (QED) is 0.0343. The van der Waals surface area contributed by atoms with Crippen LogP contribution in [0.15, 0.2) is 0 Å². The summed E-state index contributed by atoms with van der Waals surface area (Å²) in [5.74, 6) is -1.05. The molecule has 0 amide bonds. The number of ether oxygens (including phenoxy) is 2. The Kier molecular flexibility index (Phi) is 26.5. The zero-order valence-electron chi connectivity index (χ0n) is 29.3. The SMILES string of the molecule is CCCCCCCCCCCCCCCCCC(=O)OC[C@H](COP(=O)(O)OCC[N+](C)(C)C)OC(=O)C(CCC)CCC. The van der Waals surface area contributed by atoms with Crippen molar-refractivity contribution < 1.29 is 42.1 Å². The Balaban J connectivity index is 4.41. The van der Waals surface area contributed by atoms with Crippen molar-refractivity contribution in [3.63, 3.8) is 0 Å². The van der Waals surface area contributed by atoms with E-state index in [2.05, 4.69) is 6.92 Å². The molecule has 0 aromatic heterocycles. The van der Waals surface area contributed by atoms with Gasteiger partial charge in [0.15, 0.2) is 6.10 Å². The van der Waals surface area contributed by atoms with Crippen LogP contribution in [0.4, 0.5) is 0 Å². The molecule has 44 heavy (non-hydrogen) atoms. The van der Waals surface area contributed by atoms with Gasteiger partial charge in [0.05, 0.1) is 33.7 Å². The Bertz CT molecular complexity index is 752. The summed E-state index contributed by atoms with van der Waals surface area (Å²) < 4.78 is 34.2. The van der Waals surface area contributed by atoms with Crippen LogP contribution in [0.5, 0.6) is 0 Å². The number of hydrogen-bond donors (Lipinski definition) is 1. The smallest absolute Gasteiger partial charge is 0.462 e. The van der Waals surface area contributed by atoms with Crippen molar-refractivity contribution in [2.75, 3.05) is 47.5 Å². The number of phosphoric acid groups is 1. The summed E-state index contributed by atoms with van der Waals surface area (Å²) in [6, 6.07) is 0. The van der Waals surface area contributed by atoms with E-state index in [0.717, 1.165) is 32.1 Å². The van der Waals surface area contributed by atoms with E-state index in [1.165, 1.54) is 77.0 Å². The van der Waals surface area contributed by atoms with E-state index >= 15 is 0 Å². The van der Waals surface area contributed by atoms with Gasteiger partial charge in [-0.3, -0.25) is 18.6 Å². The van der Waals surface area contributed by atoms with Gasteiger partial charge < -0.3 is 18.9 Å². The molecule has 0 saturated carbocycles. The second-order valence-electron chi connectivity index (χ2n) is 13.3. The highest BCUT2D eigenvalue weighted by Crippen LogP contribution is 2.43. The van der Waals surface area contributed by atoms with Gasteiger partial charge in [0.2, 0.25) is 0 Å². The van der Waals surface area contributed by atoms with Crippen LogP contribution >= 0.6 is 7.82 Å².